The van der Waals surface area contributed by atoms with Gasteiger partial charge in [0.2, 0.25) is 5.89 Å². The van der Waals surface area contributed by atoms with Gasteiger partial charge in [0, 0.05) is 6.04 Å². The number of carboxylic acids is 1. The molecule has 0 amide bonds. The number of allylic oxidation sites excluding steroid dienone is 1. The predicted octanol–water partition coefficient (Wildman–Crippen LogP) is 5.82. The van der Waals surface area contributed by atoms with Gasteiger partial charge in [-0.3, -0.25) is 5.32 Å². The average molecular weight is 423 g/mol. The van der Waals surface area contributed by atoms with Crippen LogP contribution in [0.1, 0.15) is 63.6 Å². The van der Waals surface area contributed by atoms with Gasteiger partial charge in [0.25, 0.3) is 0 Å². The van der Waals surface area contributed by atoms with E-state index in [0.717, 1.165) is 35.9 Å². The molecule has 0 aliphatic carbocycles. The summed E-state index contributed by atoms with van der Waals surface area (Å²) in [6.45, 7) is 8.94. The Morgan fingerprint density at radius 3 is 2.77 bits per heavy atom. The Labute approximate surface area is 182 Å². The monoisotopic (exact) mass is 422 g/mol. The third-order valence-corrected chi connectivity index (χ3v) is 5.21. The van der Waals surface area contributed by atoms with Crippen LogP contribution in [0.15, 0.2) is 65.6 Å². The number of para-hydroxylation sites is 2. The van der Waals surface area contributed by atoms with Crippen LogP contribution in [0.4, 0.5) is 0 Å². The van der Waals surface area contributed by atoms with Crippen molar-refractivity contribution in [3.05, 3.63) is 72.6 Å². The van der Waals surface area contributed by atoms with Crippen LogP contribution < -0.4 is 10.1 Å². The molecule has 2 aromatic carbocycles. The Balaban J connectivity index is 1.79. The van der Waals surface area contributed by atoms with Crippen molar-refractivity contribution in [2.24, 2.45) is 0 Å². The first-order valence-electron chi connectivity index (χ1n) is 10.5. The van der Waals surface area contributed by atoms with E-state index in [4.69, 9.17) is 9.15 Å². The second kappa shape index (κ2) is 9.79. The fourth-order valence-corrected chi connectivity index (χ4v) is 3.37. The maximum absolute atomic E-state index is 11.4. The van der Waals surface area contributed by atoms with Crippen LogP contribution in [0.25, 0.3) is 11.1 Å². The van der Waals surface area contributed by atoms with Crippen LogP contribution in [0.5, 0.6) is 5.75 Å². The summed E-state index contributed by atoms with van der Waals surface area (Å²) in [4.78, 5) is 16.1. The Hall–Kier alpha value is -3.12. The summed E-state index contributed by atoms with van der Waals surface area (Å²) in [5.41, 5.74) is 1.29. The van der Waals surface area contributed by atoms with E-state index in [1.165, 1.54) is 13.8 Å². The Kier molecular flexibility index (Phi) is 7.13. The Morgan fingerprint density at radius 1 is 1.29 bits per heavy atom. The van der Waals surface area contributed by atoms with Crippen LogP contribution >= 0.6 is 0 Å². The van der Waals surface area contributed by atoms with Crippen molar-refractivity contribution >= 4 is 17.1 Å². The van der Waals surface area contributed by atoms with E-state index in [9.17, 15) is 9.90 Å². The summed E-state index contributed by atoms with van der Waals surface area (Å²) in [6.07, 6.45) is 4.64. The molecule has 6 nitrogen and oxygen atoms in total. The number of rotatable bonds is 11. The molecule has 0 fully saturated rings. The second-order valence-corrected chi connectivity index (χ2v) is 8.17. The van der Waals surface area contributed by atoms with Gasteiger partial charge in [-0.15, -0.1) is 6.58 Å². The first-order valence-corrected chi connectivity index (χ1v) is 10.5. The number of aliphatic carboxylic acids is 1. The van der Waals surface area contributed by atoms with Crippen LogP contribution in [0.2, 0.25) is 0 Å². The van der Waals surface area contributed by atoms with Crippen molar-refractivity contribution in [1.29, 1.82) is 0 Å². The van der Waals surface area contributed by atoms with Gasteiger partial charge in [-0.25, -0.2) is 9.78 Å². The number of unbranched alkanes of at least 4 members (excludes halogenated alkanes) is 1. The quantitative estimate of drug-likeness (QED) is 0.299. The molecule has 3 rings (SSSR count). The van der Waals surface area contributed by atoms with Crippen molar-refractivity contribution in [1.82, 2.24) is 10.3 Å². The van der Waals surface area contributed by atoms with Gasteiger partial charge >= 0.3 is 5.97 Å². The molecule has 31 heavy (non-hydrogen) atoms. The highest BCUT2D eigenvalue weighted by molar-refractivity contribution is 5.76. The molecule has 0 spiro atoms. The van der Waals surface area contributed by atoms with Gasteiger partial charge in [0.05, 0.1) is 6.04 Å². The summed E-state index contributed by atoms with van der Waals surface area (Å²) < 4.78 is 11.7. The van der Waals surface area contributed by atoms with Crippen LogP contribution in [-0.4, -0.2) is 21.7 Å². The molecule has 3 aromatic rings. The van der Waals surface area contributed by atoms with Gasteiger partial charge in [0.1, 0.15) is 11.3 Å². The van der Waals surface area contributed by atoms with E-state index >= 15 is 0 Å². The molecule has 2 N–H and O–H groups in total. The predicted molar refractivity (Wildman–Crippen MR) is 121 cm³/mol. The van der Waals surface area contributed by atoms with E-state index in [1.54, 1.807) is 6.07 Å². The molecule has 0 saturated carbocycles. The maximum atomic E-state index is 11.4. The fraction of sp³-hybridized carbons (Fsp3) is 0.360. The molecule has 0 saturated heterocycles. The minimum absolute atomic E-state index is 0.0276. The van der Waals surface area contributed by atoms with Crippen molar-refractivity contribution in [3.8, 4) is 5.75 Å². The first-order chi connectivity index (χ1) is 14.8. The van der Waals surface area contributed by atoms with E-state index in [2.05, 4.69) is 23.8 Å². The number of fused-ring (bicyclic) bond motifs is 1. The van der Waals surface area contributed by atoms with Crippen molar-refractivity contribution in [3.63, 3.8) is 0 Å². The summed E-state index contributed by atoms with van der Waals surface area (Å²) in [5.74, 6) is 0.169. The first kappa shape index (κ1) is 22.6. The zero-order valence-electron chi connectivity index (χ0n) is 18.3. The lowest BCUT2D eigenvalue weighted by Crippen LogP contribution is -2.37. The smallest absolute Gasteiger partial charge is 0.347 e. The SMILES string of the molecule is C=CCCCC(NC(C)c1cccc(OC(C)(C)C(=O)O)c1)c1nc2ccccc2o1. The third-order valence-electron chi connectivity index (χ3n) is 5.21. The van der Waals surface area contributed by atoms with Gasteiger partial charge in [-0.1, -0.05) is 30.3 Å². The lowest BCUT2D eigenvalue weighted by Gasteiger charge is -2.24. The number of carboxylic acid groups (broad SMARTS) is 1. The molecule has 0 aliphatic heterocycles. The standard InChI is InChI=1S/C25H30N2O4/c1-5-6-7-14-21(23-27-20-13-8-9-15-22(20)30-23)26-17(2)18-11-10-12-19(16-18)31-25(3,4)24(28)29/h5,8-13,15-17,21,26H,1,6-7,14H2,2-4H3,(H,28,29). The zero-order chi connectivity index (χ0) is 22.4. The number of oxazole rings is 1. The molecule has 0 radical (unpaired) electrons. The maximum Gasteiger partial charge on any atom is 0.347 e. The summed E-state index contributed by atoms with van der Waals surface area (Å²) in [7, 11) is 0. The van der Waals surface area contributed by atoms with Crippen LogP contribution in [0.3, 0.4) is 0 Å². The van der Waals surface area contributed by atoms with E-state index in [1.807, 2.05) is 48.5 Å². The molecule has 6 heteroatoms. The number of hydrogen-bond acceptors (Lipinski definition) is 5. The highest BCUT2D eigenvalue weighted by Gasteiger charge is 2.29. The number of hydrogen-bond donors (Lipinski definition) is 2. The normalized spacial score (nSPS) is 13.6. The number of carbonyl (C=O) groups is 1. The van der Waals surface area contributed by atoms with Gasteiger partial charge in [-0.2, -0.15) is 0 Å². The number of nitrogens with zero attached hydrogens (tertiary/aromatic N) is 1. The van der Waals surface area contributed by atoms with E-state index in [-0.39, 0.29) is 12.1 Å². The Morgan fingerprint density at radius 2 is 2.06 bits per heavy atom. The number of ether oxygens (including phenoxy) is 1. The van der Waals surface area contributed by atoms with Crippen LogP contribution in [0, 0.1) is 0 Å². The van der Waals surface area contributed by atoms with Gasteiger partial charge < -0.3 is 14.3 Å². The van der Waals surface area contributed by atoms with Crippen molar-refractivity contribution in [2.45, 2.75) is 57.7 Å². The lowest BCUT2D eigenvalue weighted by atomic mass is 10.0. The topological polar surface area (TPSA) is 84.6 Å². The molecule has 1 aromatic heterocycles. The third kappa shape index (κ3) is 5.73. The molecular weight excluding hydrogens is 392 g/mol. The van der Waals surface area contributed by atoms with Crippen molar-refractivity contribution in [2.75, 3.05) is 0 Å². The largest absolute Gasteiger partial charge is 0.478 e. The minimum atomic E-state index is -1.30. The summed E-state index contributed by atoms with van der Waals surface area (Å²) >= 11 is 0. The molecule has 0 aliphatic rings. The van der Waals surface area contributed by atoms with Crippen molar-refractivity contribution < 1.29 is 19.1 Å². The summed E-state index contributed by atoms with van der Waals surface area (Å²) in [6, 6.07) is 15.1. The van der Waals surface area contributed by atoms with Gasteiger partial charge in [-0.05, 0) is 69.9 Å². The fourth-order valence-electron chi connectivity index (χ4n) is 3.37. The van der Waals surface area contributed by atoms with Gasteiger partial charge in [0.15, 0.2) is 11.2 Å². The highest BCUT2D eigenvalue weighted by atomic mass is 16.5. The second-order valence-electron chi connectivity index (χ2n) is 8.17. The summed E-state index contributed by atoms with van der Waals surface area (Å²) in [5, 5.41) is 12.9. The van der Waals surface area contributed by atoms with E-state index in [0.29, 0.717) is 11.6 Å². The molecule has 0 bridgehead atoms. The molecule has 2 atom stereocenters. The highest BCUT2D eigenvalue weighted by Crippen LogP contribution is 2.28. The molecule has 2 unspecified atom stereocenters. The minimum Gasteiger partial charge on any atom is -0.478 e. The zero-order valence-corrected chi connectivity index (χ0v) is 18.3. The number of benzene rings is 2. The molecule has 164 valence electrons. The number of nitrogens with one attached hydrogen (secondary N) is 1. The van der Waals surface area contributed by atoms with Crippen LogP contribution in [-0.2, 0) is 4.79 Å². The van der Waals surface area contributed by atoms with E-state index < -0.39 is 11.6 Å². The Bertz CT molecular complexity index is 1010. The number of aromatic nitrogens is 1. The lowest BCUT2D eigenvalue weighted by molar-refractivity contribution is -0.152. The molecular formula is C25H30N2O4. The molecule has 1 heterocycles. The average Bonchev–Trinajstić information content (AvgIpc) is 3.17.